The highest BCUT2D eigenvalue weighted by molar-refractivity contribution is 7.99. The molecule has 0 spiro atoms. The largest absolute Gasteiger partial charge is 0.444 e. The van der Waals surface area contributed by atoms with Crippen LogP contribution in [0.2, 0.25) is 0 Å². The molecular formula is C26H36N6O3S. The number of likely N-dealkylation sites (tertiary alicyclic amines) is 1. The van der Waals surface area contributed by atoms with Crippen molar-refractivity contribution in [2.75, 3.05) is 55.8 Å². The van der Waals surface area contributed by atoms with Gasteiger partial charge in [0.15, 0.2) is 0 Å². The second-order valence-corrected chi connectivity index (χ2v) is 11.7. The average Bonchev–Trinajstić information content (AvgIpc) is 3.64. The Labute approximate surface area is 217 Å². The van der Waals surface area contributed by atoms with Gasteiger partial charge in [-0.15, -0.1) is 11.8 Å². The standard InChI is InChI=1S/C26H36N6O3S/c1-26(2,3)35-25(34)31-18-21(17-22(31)24(33)30-15-16-36-19-30)28-11-13-29(14-12-28)23-9-10-27-32(23)20-7-5-4-6-8-20/h4-10,21-22H,11-19H2,1-3H3/t21-,22-/m0/s1. The first-order chi connectivity index (χ1) is 17.3. The van der Waals surface area contributed by atoms with Crippen LogP contribution in [0.25, 0.3) is 5.69 Å². The smallest absolute Gasteiger partial charge is 0.411 e. The average molecular weight is 513 g/mol. The van der Waals surface area contributed by atoms with Gasteiger partial charge in [-0.25, -0.2) is 9.48 Å². The summed E-state index contributed by atoms with van der Waals surface area (Å²) in [4.78, 5) is 34.8. The molecule has 0 radical (unpaired) electrons. The van der Waals surface area contributed by atoms with E-state index in [4.69, 9.17) is 4.74 Å². The van der Waals surface area contributed by atoms with E-state index in [-0.39, 0.29) is 18.0 Å². The van der Waals surface area contributed by atoms with Crippen molar-refractivity contribution >= 4 is 29.6 Å². The minimum atomic E-state index is -0.598. The summed E-state index contributed by atoms with van der Waals surface area (Å²) in [6.45, 7) is 10.3. The van der Waals surface area contributed by atoms with Crippen LogP contribution in [0.5, 0.6) is 0 Å². The molecule has 0 N–H and O–H groups in total. The molecule has 9 nitrogen and oxygen atoms in total. The molecule has 3 aliphatic heterocycles. The lowest BCUT2D eigenvalue weighted by atomic mass is 10.1. The molecule has 3 saturated heterocycles. The monoisotopic (exact) mass is 512 g/mol. The van der Waals surface area contributed by atoms with Crippen molar-refractivity contribution in [3.8, 4) is 5.69 Å². The molecule has 4 heterocycles. The number of thioether (sulfide) groups is 1. The Kier molecular flexibility index (Phi) is 7.16. The number of aromatic nitrogens is 2. The van der Waals surface area contributed by atoms with Gasteiger partial charge >= 0.3 is 6.09 Å². The maximum Gasteiger partial charge on any atom is 0.411 e. The van der Waals surface area contributed by atoms with Gasteiger partial charge in [-0.2, -0.15) is 5.10 Å². The summed E-state index contributed by atoms with van der Waals surface area (Å²) in [6.07, 6.45) is 2.11. The molecule has 1 aromatic heterocycles. The lowest BCUT2D eigenvalue weighted by molar-refractivity contribution is -0.134. The summed E-state index contributed by atoms with van der Waals surface area (Å²) in [5.74, 6) is 2.80. The molecule has 194 valence electrons. The van der Waals surface area contributed by atoms with Crippen LogP contribution in [-0.2, 0) is 9.53 Å². The minimum absolute atomic E-state index is 0.0544. The van der Waals surface area contributed by atoms with E-state index in [0.717, 1.165) is 50.0 Å². The number of hydrogen-bond donors (Lipinski definition) is 0. The highest BCUT2D eigenvalue weighted by Crippen LogP contribution is 2.29. The molecule has 0 saturated carbocycles. The quantitative estimate of drug-likeness (QED) is 0.624. The second-order valence-electron chi connectivity index (χ2n) is 10.6. The summed E-state index contributed by atoms with van der Waals surface area (Å²) in [5, 5.41) is 4.54. The Morgan fingerprint density at radius 1 is 1.03 bits per heavy atom. The maximum atomic E-state index is 13.4. The van der Waals surface area contributed by atoms with E-state index in [1.807, 2.05) is 54.7 Å². The molecule has 2 aromatic rings. The SMILES string of the molecule is CC(C)(C)OC(=O)N1C[C@@H](N2CCN(c3ccnn3-c3ccccc3)CC2)C[C@H]1C(=O)N1CCSC1. The second kappa shape index (κ2) is 10.3. The van der Waals surface area contributed by atoms with Crippen molar-refractivity contribution in [3.63, 3.8) is 0 Å². The lowest BCUT2D eigenvalue weighted by Gasteiger charge is -2.38. The molecule has 3 aliphatic rings. The number of nitrogens with zero attached hydrogens (tertiary/aromatic N) is 6. The number of carbonyl (C=O) groups is 2. The molecule has 0 unspecified atom stereocenters. The van der Waals surface area contributed by atoms with Crippen LogP contribution in [-0.4, -0.2) is 105 Å². The summed E-state index contributed by atoms with van der Waals surface area (Å²) in [7, 11) is 0. The Hall–Kier alpha value is -2.72. The topological polar surface area (TPSA) is 74.1 Å². The van der Waals surface area contributed by atoms with Crippen molar-refractivity contribution in [2.45, 2.75) is 44.9 Å². The fourth-order valence-electron chi connectivity index (χ4n) is 5.25. The van der Waals surface area contributed by atoms with E-state index < -0.39 is 11.6 Å². The Morgan fingerprint density at radius 2 is 1.78 bits per heavy atom. The van der Waals surface area contributed by atoms with Crippen molar-refractivity contribution in [2.24, 2.45) is 0 Å². The third-order valence-corrected chi connectivity index (χ3v) is 8.00. The Balaban J connectivity index is 1.26. The number of rotatable bonds is 4. The summed E-state index contributed by atoms with van der Waals surface area (Å²) >= 11 is 1.76. The van der Waals surface area contributed by atoms with Crippen molar-refractivity contribution in [1.29, 1.82) is 0 Å². The number of amides is 2. The predicted octanol–water partition coefficient (Wildman–Crippen LogP) is 2.91. The predicted molar refractivity (Wildman–Crippen MR) is 142 cm³/mol. The molecule has 0 bridgehead atoms. The number of benzene rings is 1. The van der Waals surface area contributed by atoms with Crippen LogP contribution in [0.15, 0.2) is 42.6 Å². The van der Waals surface area contributed by atoms with E-state index in [1.54, 1.807) is 16.7 Å². The molecular weight excluding hydrogens is 476 g/mol. The van der Waals surface area contributed by atoms with Gasteiger partial charge in [-0.05, 0) is 39.3 Å². The summed E-state index contributed by atoms with van der Waals surface area (Å²) in [6, 6.07) is 11.9. The molecule has 1 aromatic carbocycles. The van der Waals surface area contributed by atoms with Crippen LogP contribution >= 0.6 is 11.8 Å². The number of hydrogen-bond acceptors (Lipinski definition) is 7. The number of anilines is 1. The lowest BCUT2D eigenvalue weighted by Crippen LogP contribution is -2.51. The van der Waals surface area contributed by atoms with Gasteiger partial charge in [0.2, 0.25) is 5.91 Å². The summed E-state index contributed by atoms with van der Waals surface area (Å²) in [5.41, 5.74) is 0.449. The van der Waals surface area contributed by atoms with Crippen LogP contribution < -0.4 is 4.90 Å². The van der Waals surface area contributed by atoms with Crippen LogP contribution in [0.4, 0.5) is 10.6 Å². The zero-order chi connectivity index (χ0) is 25.3. The summed E-state index contributed by atoms with van der Waals surface area (Å²) < 4.78 is 7.68. The highest BCUT2D eigenvalue weighted by atomic mass is 32.2. The first kappa shape index (κ1) is 25.0. The molecule has 2 amide bonds. The van der Waals surface area contributed by atoms with Crippen LogP contribution in [0, 0.1) is 0 Å². The Bertz CT molecular complexity index is 1060. The Morgan fingerprint density at radius 3 is 2.44 bits per heavy atom. The van der Waals surface area contributed by atoms with E-state index in [0.29, 0.717) is 18.8 Å². The van der Waals surface area contributed by atoms with Crippen molar-refractivity contribution in [3.05, 3.63) is 42.6 Å². The first-order valence-electron chi connectivity index (χ1n) is 12.7. The zero-order valence-corrected chi connectivity index (χ0v) is 22.2. The molecule has 36 heavy (non-hydrogen) atoms. The van der Waals surface area contributed by atoms with Crippen LogP contribution in [0.1, 0.15) is 27.2 Å². The van der Waals surface area contributed by atoms with Gasteiger partial charge in [0.1, 0.15) is 17.5 Å². The maximum absolute atomic E-state index is 13.4. The van der Waals surface area contributed by atoms with Crippen LogP contribution in [0.3, 0.4) is 0 Å². The van der Waals surface area contributed by atoms with E-state index in [2.05, 4.69) is 33.1 Å². The number of piperazine rings is 1. The van der Waals surface area contributed by atoms with E-state index in [9.17, 15) is 9.59 Å². The third-order valence-electron chi connectivity index (χ3n) is 7.03. The van der Waals surface area contributed by atoms with E-state index >= 15 is 0 Å². The third kappa shape index (κ3) is 5.34. The van der Waals surface area contributed by atoms with Gasteiger partial charge in [0.25, 0.3) is 0 Å². The minimum Gasteiger partial charge on any atom is -0.444 e. The highest BCUT2D eigenvalue weighted by Gasteiger charge is 2.45. The fraction of sp³-hybridized carbons (Fsp3) is 0.577. The zero-order valence-electron chi connectivity index (χ0n) is 21.4. The van der Waals surface area contributed by atoms with Crippen molar-refractivity contribution < 1.29 is 14.3 Å². The normalized spacial score (nSPS) is 23.4. The van der Waals surface area contributed by atoms with Gasteiger partial charge in [0, 0.05) is 57.1 Å². The van der Waals surface area contributed by atoms with Gasteiger partial charge in [-0.3, -0.25) is 14.6 Å². The fourth-order valence-corrected chi connectivity index (χ4v) is 6.21. The molecule has 10 heteroatoms. The first-order valence-corrected chi connectivity index (χ1v) is 13.9. The molecule has 3 fully saturated rings. The number of carbonyl (C=O) groups excluding carboxylic acids is 2. The molecule has 5 rings (SSSR count). The van der Waals surface area contributed by atoms with Crippen molar-refractivity contribution in [1.82, 2.24) is 24.5 Å². The number of para-hydroxylation sites is 1. The van der Waals surface area contributed by atoms with Gasteiger partial charge < -0.3 is 14.5 Å². The van der Waals surface area contributed by atoms with Gasteiger partial charge in [-0.1, -0.05) is 18.2 Å². The molecule has 2 atom stereocenters. The van der Waals surface area contributed by atoms with Gasteiger partial charge in [0.05, 0.1) is 17.8 Å². The molecule has 0 aliphatic carbocycles. The number of ether oxygens (including phenoxy) is 1. The van der Waals surface area contributed by atoms with E-state index in [1.165, 1.54) is 0 Å².